The maximum Gasteiger partial charge on any atom is 0.420 e. The molecule has 1 aliphatic rings. The summed E-state index contributed by atoms with van der Waals surface area (Å²) in [5, 5.41) is 0. The zero-order valence-corrected chi connectivity index (χ0v) is 15.8. The first-order chi connectivity index (χ1) is 13.7. The van der Waals surface area contributed by atoms with Crippen LogP contribution in [-0.4, -0.2) is 35.1 Å². The molecule has 1 atom stereocenters. The van der Waals surface area contributed by atoms with Crippen LogP contribution in [0.25, 0.3) is 11.1 Å². The number of benzene rings is 2. The van der Waals surface area contributed by atoms with Gasteiger partial charge in [-0.05, 0) is 36.5 Å². The smallest absolute Gasteiger partial charge is 0.408 e. The van der Waals surface area contributed by atoms with Crippen LogP contribution in [0.2, 0.25) is 0 Å². The van der Waals surface area contributed by atoms with Crippen molar-refractivity contribution in [3.63, 3.8) is 0 Å². The van der Waals surface area contributed by atoms with Gasteiger partial charge in [0.1, 0.15) is 6.54 Å². The van der Waals surface area contributed by atoms with Crippen molar-refractivity contribution in [3.8, 4) is 0 Å². The molecule has 0 aliphatic carbocycles. The number of para-hydroxylation sites is 2. The average molecular weight is 380 g/mol. The van der Waals surface area contributed by atoms with E-state index in [0.29, 0.717) is 36.8 Å². The zero-order valence-electron chi connectivity index (χ0n) is 15.8. The van der Waals surface area contributed by atoms with E-state index >= 15 is 0 Å². The van der Waals surface area contributed by atoms with E-state index in [2.05, 4.69) is 0 Å². The molecule has 28 heavy (non-hydrogen) atoms. The number of amides is 1. The van der Waals surface area contributed by atoms with E-state index in [-0.39, 0.29) is 12.5 Å². The van der Waals surface area contributed by atoms with Crippen LogP contribution in [0.4, 0.5) is 0 Å². The summed E-state index contributed by atoms with van der Waals surface area (Å²) in [4.78, 5) is 26.7. The van der Waals surface area contributed by atoms with E-state index in [1.165, 1.54) is 4.57 Å². The third-order valence-electron chi connectivity index (χ3n) is 5.20. The Labute approximate surface area is 163 Å². The summed E-state index contributed by atoms with van der Waals surface area (Å²) in [6, 6.07) is 17.3. The van der Waals surface area contributed by atoms with Crippen molar-refractivity contribution in [1.29, 1.82) is 0 Å². The molecule has 0 radical (unpaired) electrons. The lowest BCUT2D eigenvalue weighted by molar-refractivity contribution is -0.134. The Morgan fingerprint density at radius 1 is 1.11 bits per heavy atom. The van der Waals surface area contributed by atoms with Crippen LogP contribution in [0.5, 0.6) is 0 Å². The summed E-state index contributed by atoms with van der Waals surface area (Å²) in [6.45, 7) is 2.61. The average Bonchev–Trinajstić information content (AvgIpc) is 3.04. The first-order valence-corrected chi connectivity index (χ1v) is 9.68. The number of oxazole rings is 1. The standard InChI is InChI=1S/C22H24N2O4/c25-21(14-24-19-10-4-5-11-20(19)28-22(24)26)23-12-6-9-18(13-23)16-27-15-17-7-2-1-3-8-17/h1-5,7-8,10-11,18H,6,9,12-16H2/t18-/m0/s1. The molecule has 4 rings (SSSR count). The van der Waals surface area contributed by atoms with E-state index in [4.69, 9.17) is 9.15 Å². The number of hydrogen-bond acceptors (Lipinski definition) is 4. The maximum atomic E-state index is 12.8. The fourth-order valence-corrected chi connectivity index (χ4v) is 3.74. The molecule has 3 aromatic rings. The van der Waals surface area contributed by atoms with Gasteiger partial charge in [-0.2, -0.15) is 0 Å². The van der Waals surface area contributed by atoms with Gasteiger partial charge in [-0.25, -0.2) is 4.79 Å². The van der Waals surface area contributed by atoms with Gasteiger partial charge in [-0.15, -0.1) is 0 Å². The van der Waals surface area contributed by atoms with Gasteiger partial charge >= 0.3 is 5.76 Å². The molecule has 6 heteroatoms. The summed E-state index contributed by atoms with van der Waals surface area (Å²) in [5.41, 5.74) is 2.31. The first kappa shape index (κ1) is 18.5. The normalized spacial score (nSPS) is 17.1. The highest BCUT2D eigenvalue weighted by Gasteiger charge is 2.25. The van der Waals surface area contributed by atoms with Crippen LogP contribution in [0.3, 0.4) is 0 Å². The van der Waals surface area contributed by atoms with Crippen molar-refractivity contribution < 1.29 is 13.9 Å². The first-order valence-electron chi connectivity index (χ1n) is 9.68. The molecule has 1 fully saturated rings. The quantitative estimate of drug-likeness (QED) is 0.659. The summed E-state index contributed by atoms with van der Waals surface area (Å²) in [7, 11) is 0. The summed E-state index contributed by atoms with van der Waals surface area (Å²) in [6.07, 6.45) is 2.00. The molecule has 0 saturated carbocycles. The molecule has 0 unspecified atom stereocenters. The molecule has 0 spiro atoms. The van der Waals surface area contributed by atoms with Crippen molar-refractivity contribution in [3.05, 3.63) is 70.7 Å². The van der Waals surface area contributed by atoms with Crippen LogP contribution in [-0.2, 0) is 22.7 Å². The predicted molar refractivity (Wildman–Crippen MR) is 106 cm³/mol. The fraction of sp³-hybridized carbons (Fsp3) is 0.364. The van der Waals surface area contributed by atoms with Gasteiger partial charge < -0.3 is 14.1 Å². The van der Waals surface area contributed by atoms with Gasteiger partial charge in [-0.3, -0.25) is 9.36 Å². The van der Waals surface area contributed by atoms with Crippen molar-refractivity contribution in [2.24, 2.45) is 5.92 Å². The number of aromatic nitrogens is 1. The number of fused-ring (bicyclic) bond motifs is 1. The topological polar surface area (TPSA) is 64.7 Å². The highest BCUT2D eigenvalue weighted by molar-refractivity contribution is 5.79. The van der Waals surface area contributed by atoms with E-state index in [0.717, 1.165) is 24.9 Å². The van der Waals surface area contributed by atoms with Crippen LogP contribution in [0, 0.1) is 5.92 Å². The lowest BCUT2D eigenvalue weighted by atomic mass is 9.99. The second kappa shape index (κ2) is 8.44. The minimum Gasteiger partial charge on any atom is -0.408 e. The van der Waals surface area contributed by atoms with Crippen LogP contribution in [0.1, 0.15) is 18.4 Å². The van der Waals surface area contributed by atoms with Crippen molar-refractivity contribution in [2.45, 2.75) is 26.0 Å². The van der Waals surface area contributed by atoms with Crippen LogP contribution in [0.15, 0.2) is 63.8 Å². The number of nitrogens with zero attached hydrogens (tertiary/aromatic N) is 2. The molecule has 1 saturated heterocycles. The monoisotopic (exact) mass is 380 g/mol. The molecular weight excluding hydrogens is 356 g/mol. The molecule has 2 heterocycles. The molecule has 1 aliphatic heterocycles. The van der Waals surface area contributed by atoms with Gasteiger partial charge in [0.05, 0.1) is 18.7 Å². The summed E-state index contributed by atoms with van der Waals surface area (Å²) >= 11 is 0. The number of hydrogen-bond donors (Lipinski definition) is 0. The van der Waals surface area contributed by atoms with Crippen molar-refractivity contribution in [1.82, 2.24) is 9.47 Å². The Morgan fingerprint density at radius 2 is 1.89 bits per heavy atom. The molecule has 0 N–H and O–H groups in total. The Morgan fingerprint density at radius 3 is 2.75 bits per heavy atom. The zero-order chi connectivity index (χ0) is 19.3. The Bertz CT molecular complexity index is 992. The summed E-state index contributed by atoms with van der Waals surface area (Å²) in [5.74, 6) is -0.227. The highest BCUT2D eigenvalue weighted by atomic mass is 16.5. The second-order valence-electron chi connectivity index (χ2n) is 7.27. The Hall–Kier alpha value is -2.86. The lowest BCUT2D eigenvalue weighted by Gasteiger charge is -2.32. The molecule has 6 nitrogen and oxygen atoms in total. The minimum atomic E-state index is -0.491. The lowest BCUT2D eigenvalue weighted by Crippen LogP contribution is -2.43. The van der Waals surface area contributed by atoms with Crippen LogP contribution >= 0.6 is 0 Å². The third-order valence-corrected chi connectivity index (χ3v) is 5.20. The van der Waals surface area contributed by atoms with E-state index in [9.17, 15) is 9.59 Å². The van der Waals surface area contributed by atoms with E-state index in [1.807, 2.05) is 47.4 Å². The molecule has 1 amide bonds. The molecule has 1 aromatic heterocycles. The van der Waals surface area contributed by atoms with E-state index in [1.54, 1.807) is 12.1 Å². The molecule has 146 valence electrons. The third kappa shape index (κ3) is 4.17. The number of carbonyl (C=O) groups is 1. The highest BCUT2D eigenvalue weighted by Crippen LogP contribution is 2.19. The number of rotatable bonds is 6. The van der Waals surface area contributed by atoms with Gasteiger partial charge in [0.15, 0.2) is 5.58 Å². The number of piperidine rings is 1. The molecular formula is C22H24N2O4. The van der Waals surface area contributed by atoms with Crippen molar-refractivity contribution in [2.75, 3.05) is 19.7 Å². The predicted octanol–water partition coefficient (Wildman–Crippen LogP) is 3.05. The van der Waals surface area contributed by atoms with Gasteiger partial charge in [0, 0.05) is 13.1 Å². The van der Waals surface area contributed by atoms with Crippen molar-refractivity contribution >= 4 is 17.0 Å². The number of likely N-dealkylation sites (tertiary alicyclic amines) is 1. The molecule has 2 aromatic carbocycles. The SMILES string of the molecule is O=C(Cn1c(=O)oc2ccccc21)N1CCC[C@H](COCc2ccccc2)C1. The summed E-state index contributed by atoms with van der Waals surface area (Å²) < 4.78 is 12.5. The van der Waals surface area contributed by atoms with Gasteiger partial charge in [0.2, 0.25) is 5.91 Å². The Kier molecular flexibility index (Phi) is 5.58. The van der Waals surface area contributed by atoms with E-state index < -0.39 is 5.76 Å². The number of ether oxygens (including phenoxy) is 1. The number of carbonyl (C=O) groups excluding carboxylic acids is 1. The maximum absolute atomic E-state index is 12.8. The van der Waals surface area contributed by atoms with Gasteiger partial charge in [0.25, 0.3) is 0 Å². The fourth-order valence-electron chi connectivity index (χ4n) is 3.74. The molecule has 0 bridgehead atoms. The minimum absolute atomic E-state index is 0.00738. The second-order valence-corrected chi connectivity index (χ2v) is 7.27. The van der Waals surface area contributed by atoms with Gasteiger partial charge in [-0.1, -0.05) is 42.5 Å². The largest absolute Gasteiger partial charge is 0.420 e. The van der Waals surface area contributed by atoms with Crippen LogP contribution < -0.4 is 5.76 Å². The Balaban J connectivity index is 1.34.